The van der Waals surface area contributed by atoms with E-state index >= 15 is 0 Å². The number of hydrogen-bond donors (Lipinski definition) is 1. The van der Waals surface area contributed by atoms with Gasteiger partial charge in [-0.2, -0.15) is 0 Å². The monoisotopic (exact) mass is 282 g/mol. The second-order valence-electron chi connectivity index (χ2n) is 5.81. The summed E-state index contributed by atoms with van der Waals surface area (Å²) in [7, 11) is 0. The SMILES string of the molecule is C[C@@H]1C[C@H](C)CN(CC(=O)Nc2cc(F)ccc2F)C1. The van der Waals surface area contributed by atoms with Gasteiger partial charge in [0.25, 0.3) is 0 Å². The van der Waals surface area contributed by atoms with E-state index in [1.807, 2.05) is 0 Å². The molecule has 0 aliphatic carbocycles. The molecule has 1 N–H and O–H groups in total. The quantitative estimate of drug-likeness (QED) is 0.924. The number of hydrogen-bond acceptors (Lipinski definition) is 2. The van der Waals surface area contributed by atoms with Gasteiger partial charge in [0, 0.05) is 19.2 Å². The van der Waals surface area contributed by atoms with Gasteiger partial charge in [-0.1, -0.05) is 13.8 Å². The van der Waals surface area contributed by atoms with Crippen molar-refractivity contribution in [3.8, 4) is 0 Å². The van der Waals surface area contributed by atoms with E-state index < -0.39 is 11.6 Å². The van der Waals surface area contributed by atoms with Crippen LogP contribution in [-0.4, -0.2) is 30.4 Å². The Bertz CT molecular complexity index is 483. The molecular formula is C15H20F2N2O. The Kier molecular flexibility index (Phi) is 4.70. The van der Waals surface area contributed by atoms with Crippen LogP contribution < -0.4 is 5.32 Å². The lowest BCUT2D eigenvalue weighted by Gasteiger charge is -2.34. The van der Waals surface area contributed by atoms with Crippen molar-refractivity contribution < 1.29 is 13.6 Å². The van der Waals surface area contributed by atoms with Crippen LogP contribution in [0.2, 0.25) is 0 Å². The summed E-state index contributed by atoms with van der Waals surface area (Å²) in [6, 6.07) is 3.03. The third kappa shape index (κ3) is 4.00. The van der Waals surface area contributed by atoms with Crippen LogP contribution in [0.1, 0.15) is 20.3 Å². The first-order valence-electron chi connectivity index (χ1n) is 6.91. The van der Waals surface area contributed by atoms with Crippen LogP contribution in [0.5, 0.6) is 0 Å². The highest BCUT2D eigenvalue weighted by Crippen LogP contribution is 2.21. The number of likely N-dealkylation sites (tertiary alicyclic amines) is 1. The highest BCUT2D eigenvalue weighted by molar-refractivity contribution is 5.92. The van der Waals surface area contributed by atoms with Crippen molar-refractivity contribution in [1.29, 1.82) is 0 Å². The molecule has 1 fully saturated rings. The Balaban J connectivity index is 1.93. The molecular weight excluding hydrogens is 262 g/mol. The molecule has 20 heavy (non-hydrogen) atoms. The fraction of sp³-hybridized carbons (Fsp3) is 0.533. The van der Waals surface area contributed by atoms with Crippen LogP contribution in [0.15, 0.2) is 18.2 Å². The van der Waals surface area contributed by atoms with Gasteiger partial charge in [0.15, 0.2) is 0 Å². The van der Waals surface area contributed by atoms with Gasteiger partial charge in [0.05, 0.1) is 12.2 Å². The molecule has 0 spiro atoms. The zero-order valence-corrected chi connectivity index (χ0v) is 11.8. The van der Waals surface area contributed by atoms with Crippen molar-refractivity contribution in [1.82, 2.24) is 4.90 Å². The molecule has 1 aliphatic rings. The van der Waals surface area contributed by atoms with Crippen molar-refractivity contribution in [2.75, 3.05) is 25.0 Å². The van der Waals surface area contributed by atoms with Gasteiger partial charge >= 0.3 is 0 Å². The van der Waals surface area contributed by atoms with E-state index in [0.29, 0.717) is 11.8 Å². The molecule has 110 valence electrons. The summed E-state index contributed by atoms with van der Waals surface area (Å²) < 4.78 is 26.5. The standard InChI is InChI=1S/C15H20F2N2O/c1-10-5-11(2)8-19(7-10)9-15(20)18-14-6-12(16)3-4-13(14)17/h3-4,6,10-11H,5,7-9H2,1-2H3,(H,18,20)/t10-,11+. The number of piperidine rings is 1. The van der Waals surface area contributed by atoms with Crippen LogP contribution in [0.4, 0.5) is 14.5 Å². The van der Waals surface area contributed by atoms with E-state index in [1.54, 1.807) is 0 Å². The summed E-state index contributed by atoms with van der Waals surface area (Å²) >= 11 is 0. The molecule has 1 amide bonds. The summed E-state index contributed by atoms with van der Waals surface area (Å²) in [6.07, 6.45) is 1.16. The molecule has 2 atom stereocenters. The van der Waals surface area contributed by atoms with E-state index in [4.69, 9.17) is 0 Å². The predicted octanol–water partition coefficient (Wildman–Crippen LogP) is 2.88. The first-order chi connectivity index (χ1) is 9.44. The molecule has 0 unspecified atom stereocenters. The number of carbonyl (C=O) groups excluding carboxylic acids is 1. The smallest absolute Gasteiger partial charge is 0.238 e. The molecule has 0 radical (unpaired) electrons. The highest BCUT2D eigenvalue weighted by atomic mass is 19.1. The van der Waals surface area contributed by atoms with Crippen molar-refractivity contribution in [3.05, 3.63) is 29.8 Å². The molecule has 1 heterocycles. The average Bonchev–Trinajstić information content (AvgIpc) is 2.32. The fourth-order valence-electron chi connectivity index (χ4n) is 2.91. The summed E-state index contributed by atoms with van der Waals surface area (Å²) in [4.78, 5) is 14.0. The normalized spacial score (nSPS) is 23.6. The number of amides is 1. The molecule has 1 saturated heterocycles. The minimum Gasteiger partial charge on any atom is -0.322 e. The molecule has 0 saturated carbocycles. The summed E-state index contributed by atoms with van der Waals surface area (Å²) in [5.41, 5.74) is -0.104. The number of nitrogens with one attached hydrogen (secondary N) is 1. The van der Waals surface area contributed by atoms with E-state index in [-0.39, 0.29) is 18.1 Å². The number of rotatable bonds is 3. The third-order valence-electron chi connectivity index (χ3n) is 3.51. The Morgan fingerprint density at radius 1 is 1.30 bits per heavy atom. The van der Waals surface area contributed by atoms with Crippen molar-refractivity contribution >= 4 is 11.6 Å². The molecule has 5 heteroatoms. The molecule has 2 rings (SSSR count). The summed E-state index contributed by atoms with van der Waals surface area (Å²) in [5.74, 6) is -0.396. The number of benzene rings is 1. The first-order valence-corrected chi connectivity index (χ1v) is 6.91. The molecule has 0 aromatic heterocycles. The Morgan fingerprint density at radius 3 is 2.60 bits per heavy atom. The van der Waals surface area contributed by atoms with Crippen molar-refractivity contribution in [2.24, 2.45) is 11.8 Å². The van der Waals surface area contributed by atoms with Crippen molar-refractivity contribution in [2.45, 2.75) is 20.3 Å². The fourth-order valence-corrected chi connectivity index (χ4v) is 2.91. The number of anilines is 1. The maximum Gasteiger partial charge on any atom is 0.238 e. The van der Waals surface area contributed by atoms with Gasteiger partial charge in [-0.3, -0.25) is 9.69 Å². The first kappa shape index (κ1) is 14.9. The van der Waals surface area contributed by atoms with Crippen LogP contribution in [-0.2, 0) is 4.79 Å². The predicted molar refractivity (Wildman–Crippen MR) is 74.4 cm³/mol. The highest BCUT2D eigenvalue weighted by Gasteiger charge is 2.23. The lowest BCUT2D eigenvalue weighted by atomic mass is 9.92. The van der Waals surface area contributed by atoms with Crippen LogP contribution in [0.25, 0.3) is 0 Å². The Morgan fingerprint density at radius 2 is 1.95 bits per heavy atom. The van der Waals surface area contributed by atoms with Crippen LogP contribution in [0.3, 0.4) is 0 Å². The Labute approximate surface area is 118 Å². The van der Waals surface area contributed by atoms with Crippen LogP contribution >= 0.6 is 0 Å². The Hall–Kier alpha value is -1.49. The molecule has 1 aromatic rings. The van der Waals surface area contributed by atoms with Gasteiger partial charge in [0.1, 0.15) is 11.6 Å². The lowest BCUT2D eigenvalue weighted by Crippen LogP contribution is -2.42. The minimum absolute atomic E-state index is 0.104. The zero-order valence-electron chi connectivity index (χ0n) is 11.8. The van der Waals surface area contributed by atoms with Gasteiger partial charge in [-0.15, -0.1) is 0 Å². The van der Waals surface area contributed by atoms with Gasteiger partial charge in [-0.25, -0.2) is 8.78 Å². The van der Waals surface area contributed by atoms with Gasteiger partial charge in [0.2, 0.25) is 5.91 Å². The molecule has 3 nitrogen and oxygen atoms in total. The van der Waals surface area contributed by atoms with E-state index in [1.165, 1.54) is 0 Å². The van der Waals surface area contributed by atoms with E-state index in [2.05, 4.69) is 24.1 Å². The number of nitrogens with zero attached hydrogens (tertiary/aromatic N) is 1. The second-order valence-corrected chi connectivity index (χ2v) is 5.81. The number of carbonyl (C=O) groups is 1. The molecule has 1 aromatic carbocycles. The maximum atomic E-state index is 13.4. The summed E-state index contributed by atoms with van der Waals surface area (Å²) in [5, 5.41) is 2.43. The minimum atomic E-state index is -0.625. The van der Waals surface area contributed by atoms with Gasteiger partial charge < -0.3 is 5.32 Å². The number of halogens is 2. The summed E-state index contributed by atoms with van der Waals surface area (Å²) in [6.45, 7) is 6.26. The molecule has 0 bridgehead atoms. The lowest BCUT2D eigenvalue weighted by molar-refractivity contribution is -0.117. The largest absolute Gasteiger partial charge is 0.322 e. The molecule has 1 aliphatic heterocycles. The second kappa shape index (κ2) is 6.31. The van der Waals surface area contributed by atoms with Gasteiger partial charge in [-0.05, 0) is 30.4 Å². The average molecular weight is 282 g/mol. The van der Waals surface area contributed by atoms with E-state index in [0.717, 1.165) is 37.7 Å². The topological polar surface area (TPSA) is 32.3 Å². The van der Waals surface area contributed by atoms with E-state index in [9.17, 15) is 13.6 Å². The van der Waals surface area contributed by atoms with Crippen LogP contribution in [0, 0.1) is 23.5 Å². The zero-order chi connectivity index (χ0) is 14.7. The maximum absolute atomic E-state index is 13.4. The third-order valence-corrected chi connectivity index (χ3v) is 3.51. The van der Waals surface area contributed by atoms with Crippen molar-refractivity contribution in [3.63, 3.8) is 0 Å².